The Bertz CT molecular complexity index is 868. The number of hydrogen-bond donors (Lipinski definition) is 2. The highest BCUT2D eigenvalue weighted by Crippen LogP contribution is 2.36. The predicted molar refractivity (Wildman–Crippen MR) is 109 cm³/mol. The molecule has 1 aromatic heterocycles. The average molecular weight is 396 g/mol. The minimum Gasteiger partial charge on any atom is -0.480 e. The molecule has 2 aromatic rings. The third kappa shape index (κ3) is 4.66. The van der Waals surface area contributed by atoms with Crippen LogP contribution in [0.3, 0.4) is 0 Å². The molecule has 0 aliphatic carbocycles. The molecule has 8 heteroatoms. The maximum absolute atomic E-state index is 12.3. The van der Waals surface area contributed by atoms with E-state index in [1.807, 2.05) is 52.0 Å². The average Bonchev–Trinajstić information content (AvgIpc) is 2.89. The topological polar surface area (TPSA) is 97.8 Å². The second-order valence-electron chi connectivity index (χ2n) is 8.14. The van der Waals surface area contributed by atoms with Crippen LogP contribution in [0, 0.1) is 0 Å². The lowest BCUT2D eigenvalue weighted by molar-refractivity contribution is -0.139. The Morgan fingerprint density at radius 3 is 2.24 bits per heavy atom. The van der Waals surface area contributed by atoms with Crippen LogP contribution in [-0.2, 0) is 20.5 Å². The second kappa shape index (κ2) is 7.97. The van der Waals surface area contributed by atoms with Crippen LogP contribution in [0.1, 0.15) is 43.6 Å². The van der Waals surface area contributed by atoms with Gasteiger partial charge in [0.15, 0.2) is 0 Å². The Morgan fingerprint density at radius 1 is 1.10 bits per heavy atom. The van der Waals surface area contributed by atoms with Gasteiger partial charge in [-0.15, -0.1) is 0 Å². The fourth-order valence-electron chi connectivity index (χ4n) is 2.96. The number of carbonyl (C=O) groups is 2. The van der Waals surface area contributed by atoms with Crippen LogP contribution in [0.2, 0.25) is 0 Å². The molecule has 0 bridgehead atoms. The third-order valence-corrected chi connectivity index (χ3v) is 5.47. The number of hydrogen-bond acceptors (Lipinski definition) is 5. The maximum atomic E-state index is 12.3. The highest BCUT2D eigenvalue weighted by atomic mass is 16.7. The van der Waals surface area contributed by atoms with E-state index in [2.05, 4.69) is 10.3 Å². The molecule has 0 radical (unpaired) electrons. The van der Waals surface area contributed by atoms with Crippen molar-refractivity contribution in [2.45, 2.75) is 51.4 Å². The molecule has 1 fully saturated rings. The summed E-state index contributed by atoms with van der Waals surface area (Å²) >= 11 is 0. The van der Waals surface area contributed by atoms with Crippen LogP contribution in [0.4, 0.5) is 0 Å². The smallest absolute Gasteiger partial charge is 0.480 e. The number of carboxylic acid groups (broad SMARTS) is 1. The van der Waals surface area contributed by atoms with E-state index < -0.39 is 36.2 Å². The first-order valence-corrected chi connectivity index (χ1v) is 9.47. The number of carboxylic acids is 1. The lowest BCUT2D eigenvalue weighted by Crippen LogP contribution is -2.42. The minimum atomic E-state index is -1.10. The highest BCUT2D eigenvalue weighted by Gasteiger charge is 2.51. The molecule has 1 atom stereocenters. The van der Waals surface area contributed by atoms with Crippen molar-refractivity contribution < 1.29 is 24.0 Å². The van der Waals surface area contributed by atoms with Gasteiger partial charge in [0.1, 0.15) is 6.04 Å². The number of rotatable bonds is 6. The zero-order valence-electron chi connectivity index (χ0n) is 17.0. The minimum absolute atomic E-state index is 0.158. The molecular weight excluding hydrogens is 371 g/mol. The van der Waals surface area contributed by atoms with Gasteiger partial charge in [0.2, 0.25) is 0 Å². The molecule has 1 amide bonds. The molecule has 1 aliphatic heterocycles. The van der Waals surface area contributed by atoms with Crippen LogP contribution in [-0.4, -0.2) is 46.3 Å². The van der Waals surface area contributed by atoms with Gasteiger partial charge in [-0.05, 0) is 50.9 Å². The number of pyridine rings is 1. The summed E-state index contributed by atoms with van der Waals surface area (Å²) in [5, 5.41) is 12.0. The van der Waals surface area contributed by atoms with Crippen LogP contribution in [0.25, 0.3) is 0 Å². The van der Waals surface area contributed by atoms with E-state index in [0.29, 0.717) is 5.56 Å². The Morgan fingerprint density at radius 2 is 1.72 bits per heavy atom. The number of aliphatic carboxylic acids is 1. The SMILES string of the molecule is CC1(C)OB(c2ccc(C[C@@H](NC(=O)c3cccnc3)C(=O)O)cc2)OC1(C)C. The summed E-state index contributed by atoms with van der Waals surface area (Å²) in [6.45, 7) is 7.96. The van der Waals surface area contributed by atoms with Gasteiger partial charge in [-0.25, -0.2) is 4.79 Å². The molecule has 0 unspecified atom stereocenters. The first kappa shape index (κ1) is 21.0. The van der Waals surface area contributed by atoms with Crippen molar-refractivity contribution in [2.75, 3.05) is 0 Å². The molecule has 1 saturated heterocycles. The Hall–Kier alpha value is -2.71. The molecule has 152 valence electrons. The summed E-state index contributed by atoms with van der Waals surface area (Å²) in [6, 6.07) is 9.53. The third-order valence-electron chi connectivity index (χ3n) is 5.47. The van der Waals surface area contributed by atoms with Crippen molar-refractivity contribution in [1.82, 2.24) is 10.3 Å². The van der Waals surface area contributed by atoms with E-state index >= 15 is 0 Å². The largest absolute Gasteiger partial charge is 0.494 e. The van der Waals surface area contributed by atoms with E-state index in [1.165, 1.54) is 6.20 Å². The van der Waals surface area contributed by atoms with Gasteiger partial charge in [-0.1, -0.05) is 24.3 Å². The molecule has 2 N–H and O–H groups in total. The van der Waals surface area contributed by atoms with Crippen LogP contribution in [0.5, 0.6) is 0 Å². The first-order chi connectivity index (χ1) is 13.6. The van der Waals surface area contributed by atoms with E-state index in [0.717, 1.165) is 11.0 Å². The lowest BCUT2D eigenvalue weighted by Gasteiger charge is -2.32. The zero-order chi connectivity index (χ0) is 21.2. The number of carbonyl (C=O) groups excluding carboxylic acids is 1. The summed E-state index contributed by atoms with van der Waals surface area (Å²) in [5.74, 6) is -1.57. The van der Waals surface area contributed by atoms with Crippen molar-refractivity contribution in [1.29, 1.82) is 0 Å². The van der Waals surface area contributed by atoms with Gasteiger partial charge >= 0.3 is 13.1 Å². The monoisotopic (exact) mass is 396 g/mol. The highest BCUT2D eigenvalue weighted by molar-refractivity contribution is 6.62. The Labute approximate surface area is 170 Å². The van der Waals surface area contributed by atoms with Crippen molar-refractivity contribution in [3.8, 4) is 0 Å². The maximum Gasteiger partial charge on any atom is 0.494 e. The molecule has 1 aliphatic rings. The Balaban J connectivity index is 1.67. The summed E-state index contributed by atoms with van der Waals surface area (Å²) in [4.78, 5) is 27.7. The predicted octanol–water partition coefficient (Wildman–Crippen LogP) is 1.81. The van der Waals surface area contributed by atoms with Gasteiger partial charge in [0.25, 0.3) is 5.91 Å². The number of aromatic nitrogens is 1. The van der Waals surface area contributed by atoms with Gasteiger partial charge < -0.3 is 19.7 Å². The van der Waals surface area contributed by atoms with Crippen LogP contribution < -0.4 is 10.8 Å². The standard InChI is InChI=1S/C21H25BN2O5/c1-20(2)21(3,4)29-22(28-20)16-9-7-14(8-10-16)12-17(19(26)27)24-18(25)15-6-5-11-23-13-15/h5-11,13,17H,12H2,1-4H3,(H,24,25)(H,26,27)/t17-/m1/s1. The number of amides is 1. The van der Waals surface area contributed by atoms with E-state index in [9.17, 15) is 14.7 Å². The van der Waals surface area contributed by atoms with Crippen molar-refractivity contribution >= 4 is 24.5 Å². The van der Waals surface area contributed by atoms with Crippen molar-refractivity contribution in [3.63, 3.8) is 0 Å². The summed E-state index contributed by atoms with van der Waals surface area (Å²) in [6.07, 6.45) is 3.10. The molecular formula is C21H25BN2O5. The van der Waals surface area contributed by atoms with Crippen LogP contribution in [0.15, 0.2) is 48.8 Å². The molecule has 3 rings (SSSR count). The van der Waals surface area contributed by atoms with E-state index in [4.69, 9.17) is 9.31 Å². The molecule has 29 heavy (non-hydrogen) atoms. The fraction of sp³-hybridized carbons (Fsp3) is 0.381. The number of nitrogens with zero attached hydrogens (tertiary/aromatic N) is 1. The lowest BCUT2D eigenvalue weighted by atomic mass is 9.78. The van der Waals surface area contributed by atoms with Gasteiger partial charge in [0, 0.05) is 18.8 Å². The van der Waals surface area contributed by atoms with Crippen molar-refractivity contribution in [2.24, 2.45) is 0 Å². The summed E-state index contributed by atoms with van der Waals surface area (Å²) in [7, 11) is -0.477. The zero-order valence-corrected chi connectivity index (χ0v) is 17.0. The molecule has 0 spiro atoms. The quantitative estimate of drug-likeness (QED) is 0.723. The molecule has 0 saturated carbocycles. The molecule has 1 aromatic carbocycles. The van der Waals surface area contributed by atoms with Crippen LogP contribution >= 0.6 is 0 Å². The van der Waals surface area contributed by atoms with Gasteiger partial charge in [-0.3, -0.25) is 9.78 Å². The van der Waals surface area contributed by atoms with Gasteiger partial charge in [-0.2, -0.15) is 0 Å². The molecule has 7 nitrogen and oxygen atoms in total. The van der Waals surface area contributed by atoms with E-state index in [-0.39, 0.29) is 6.42 Å². The molecule has 2 heterocycles. The number of nitrogens with one attached hydrogen (secondary N) is 1. The summed E-state index contributed by atoms with van der Waals surface area (Å²) in [5.41, 5.74) is 1.10. The second-order valence-corrected chi connectivity index (χ2v) is 8.14. The van der Waals surface area contributed by atoms with Crippen molar-refractivity contribution in [3.05, 3.63) is 59.9 Å². The first-order valence-electron chi connectivity index (χ1n) is 9.47. The Kier molecular flexibility index (Phi) is 5.77. The summed E-state index contributed by atoms with van der Waals surface area (Å²) < 4.78 is 12.1. The van der Waals surface area contributed by atoms with E-state index in [1.54, 1.807) is 18.3 Å². The fourth-order valence-corrected chi connectivity index (χ4v) is 2.96. The van der Waals surface area contributed by atoms with Gasteiger partial charge in [0.05, 0.1) is 16.8 Å². The number of benzene rings is 1. The normalized spacial score (nSPS) is 18.3.